The first-order valence-electron chi connectivity index (χ1n) is 4.48. The van der Waals surface area contributed by atoms with E-state index in [1.165, 1.54) is 0 Å². The molecule has 0 bridgehead atoms. The number of aryl methyl sites for hydroxylation is 1. The van der Waals surface area contributed by atoms with Crippen LogP contribution in [0.4, 0.5) is 0 Å². The minimum absolute atomic E-state index is 1.01. The third-order valence-corrected chi connectivity index (χ3v) is 2.45. The molecule has 0 spiro atoms. The van der Waals surface area contributed by atoms with Crippen molar-refractivity contribution in [2.45, 2.75) is 20.8 Å². The summed E-state index contributed by atoms with van der Waals surface area (Å²) in [7, 11) is 2.69. The van der Waals surface area contributed by atoms with Crippen LogP contribution in [0, 0.1) is 6.92 Å². The summed E-state index contributed by atoms with van der Waals surface area (Å²) in [6.45, 7) is 6.01. The van der Waals surface area contributed by atoms with E-state index in [0.717, 1.165) is 16.8 Å². The van der Waals surface area contributed by atoms with Gasteiger partial charge in [0.05, 0.1) is 11.1 Å². The van der Waals surface area contributed by atoms with Crippen molar-refractivity contribution >= 4 is 20.3 Å². The monoisotopic (exact) mass is 194 g/mol. The molecule has 0 aromatic carbocycles. The molecule has 0 aliphatic rings. The first-order valence-corrected chi connectivity index (χ1v) is 5.06. The largest absolute Gasteiger partial charge is 0.300 e. The highest BCUT2D eigenvalue weighted by Crippen LogP contribution is 2.03. The van der Waals surface area contributed by atoms with Gasteiger partial charge in [0.25, 0.3) is 0 Å². The fourth-order valence-corrected chi connectivity index (χ4v) is 1.42. The van der Waals surface area contributed by atoms with Gasteiger partial charge in [-0.25, -0.2) is 4.98 Å². The lowest BCUT2D eigenvalue weighted by Crippen LogP contribution is -2.01. The Balaban J connectivity index is 0.000000396. The second-order valence-corrected chi connectivity index (χ2v) is 3.06. The molecule has 2 aromatic heterocycles. The lowest BCUT2D eigenvalue weighted by atomic mass is 10.5. The minimum Gasteiger partial charge on any atom is -0.300 e. The molecule has 0 fully saturated rings. The zero-order valence-electron chi connectivity index (χ0n) is 8.28. The molecule has 2 nitrogen and oxygen atoms in total. The van der Waals surface area contributed by atoms with Crippen LogP contribution in [0.3, 0.4) is 0 Å². The summed E-state index contributed by atoms with van der Waals surface area (Å²) in [4.78, 5) is 4.35. The zero-order valence-corrected chi connectivity index (χ0v) is 9.44. The Kier molecular flexibility index (Phi) is 3.44. The fourth-order valence-electron chi connectivity index (χ4n) is 1.13. The standard InChI is InChI=1S/C8H9N2P.C2H6/c1-6-8(11)10-5-3-2-4-7(10)9-6;1-2/h2-5H,11H2,1H3;1-2H3. The van der Waals surface area contributed by atoms with E-state index < -0.39 is 0 Å². The van der Waals surface area contributed by atoms with E-state index >= 15 is 0 Å². The lowest BCUT2D eigenvalue weighted by Gasteiger charge is -1.92. The maximum atomic E-state index is 4.35. The highest BCUT2D eigenvalue weighted by Gasteiger charge is 2.00. The molecule has 0 saturated heterocycles. The third-order valence-electron chi connectivity index (χ3n) is 1.75. The van der Waals surface area contributed by atoms with Crippen LogP contribution in [0.1, 0.15) is 19.5 Å². The first-order chi connectivity index (χ1) is 6.29. The molecular formula is C10H15N2P. The molecular weight excluding hydrogens is 179 g/mol. The predicted molar refractivity (Wildman–Crippen MR) is 60.6 cm³/mol. The van der Waals surface area contributed by atoms with Gasteiger partial charge in [-0.15, -0.1) is 0 Å². The molecule has 13 heavy (non-hydrogen) atoms. The Labute approximate surface area is 81.2 Å². The van der Waals surface area contributed by atoms with Crippen LogP contribution in [-0.2, 0) is 0 Å². The van der Waals surface area contributed by atoms with Gasteiger partial charge in [-0.2, -0.15) is 0 Å². The van der Waals surface area contributed by atoms with Gasteiger partial charge in [0.15, 0.2) is 0 Å². The summed E-state index contributed by atoms with van der Waals surface area (Å²) in [6, 6.07) is 5.99. The molecule has 0 amide bonds. The molecule has 0 radical (unpaired) electrons. The van der Waals surface area contributed by atoms with Crippen molar-refractivity contribution < 1.29 is 0 Å². The number of hydrogen-bond acceptors (Lipinski definition) is 1. The van der Waals surface area contributed by atoms with Gasteiger partial charge in [-0.3, -0.25) is 0 Å². The van der Waals surface area contributed by atoms with Crippen LogP contribution in [0.5, 0.6) is 0 Å². The average molecular weight is 194 g/mol. The van der Waals surface area contributed by atoms with Crippen molar-refractivity contribution in [1.29, 1.82) is 0 Å². The van der Waals surface area contributed by atoms with Gasteiger partial charge in [-0.05, 0) is 19.1 Å². The van der Waals surface area contributed by atoms with Crippen LogP contribution < -0.4 is 5.44 Å². The molecule has 0 aliphatic carbocycles. The SMILES string of the molecule is CC.Cc1nc2ccccn2c1P. The third kappa shape index (κ3) is 1.89. The quantitative estimate of drug-likeness (QED) is 0.587. The molecule has 2 rings (SSSR count). The highest BCUT2D eigenvalue weighted by atomic mass is 31.0. The minimum atomic E-state index is 1.01. The Morgan fingerprint density at radius 1 is 1.31 bits per heavy atom. The van der Waals surface area contributed by atoms with Gasteiger partial charge in [0.2, 0.25) is 0 Å². The van der Waals surface area contributed by atoms with Gasteiger partial charge < -0.3 is 4.40 Å². The number of rotatable bonds is 0. The van der Waals surface area contributed by atoms with E-state index in [0.29, 0.717) is 0 Å². The van der Waals surface area contributed by atoms with Crippen LogP contribution in [-0.4, -0.2) is 9.38 Å². The highest BCUT2D eigenvalue weighted by molar-refractivity contribution is 7.27. The Bertz CT molecular complexity index is 393. The average Bonchev–Trinajstić information content (AvgIpc) is 2.47. The summed E-state index contributed by atoms with van der Waals surface area (Å²) >= 11 is 0. The van der Waals surface area contributed by atoms with E-state index in [1.807, 2.05) is 45.2 Å². The lowest BCUT2D eigenvalue weighted by molar-refractivity contribution is 1.22. The Morgan fingerprint density at radius 3 is 2.62 bits per heavy atom. The molecule has 2 heterocycles. The number of hydrogen-bond donors (Lipinski definition) is 0. The van der Waals surface area contributed by atoms with Gasteiger partial charge in [-0.1, -0.05) is 29.2 Å². The predicted octanol–water partition coefficient (Wildman–Crippen LogP) is 2.17. The van der Waals surface area contributed by atoms with Crippen molar-refractivity contribution in [2.24, 2.45) is 0 Å². The molecule has 0 aliphatic heterocycles. The van der Waals surface area contributed by atoms with Crippen LogP contribution in [0.15, 0.2) is 24.4 Å². The molecule has 0 N–H and O–H groups in total. The number of fused-ring (bicyclic) bond motifs is 1. The smallest absolute Gasteiger partial charge is 0.137 e. The van der Waals surface area contributed by atoms with Crippen molar-refractivity contribution in [2.75, 3.05) is 0 Å². The Morgan fingerprint density at radius 2 is 2.00 bits per heavy atom. The summed E-state index contributed by atoms with van der Waals surface area (Å²) in [5.74, 6) is 0. The maximum absolute atomic E-state index is 4.35. The number of nitrogens with zero attached hydrogens (tertiary/aromatic N) is 2. The van der Waals surface area contributed by atoms with E-state index in [2.05, 4.69) is 18.6 Å². The van der Waals surface area contributed by atoms with E-state index in [9.17, 15) is 0 Å². The van der Waals surface area contributed by atoms with E-state index in [4.69, 9.17) is 0 Å². The topological polar surface area (TPSA) is 17.3 Å². The van der Waals surface area contributed by atoms with Gasteiger partial charge in [0, 0.05) is 6.20 Å². The van der Waals surface area contributed by atoms with Crippen molar-refractivity contribution in [3.05, 3.63) is 30.1 Å². The van der Waals surface area contributed by atoms with Crippen molar-refractivity contribution in [1.82, 2.24) is 9.38 Å². The van der Waals surface area contributed by atoms with Crippen molar-refractivity contribution in [3.8, 4) is 0 Å². The normalized spacial score (nSPS) is 9.54. The van der Waals surface area contributed by atoms with Gasteiger partial charge in [0.1, 0.15) is 5.65 Å². The van der Waals surface area contributed by atoms with E-state index in [1.54, 1.807) is 0 Å². The second kappa shape index (κ2) is 4.38. The van der Waals surface area contributed by atoms with Crippen LogP contribution >= 0.6 is 9.24 Å². The molecule has 70 valence electrons. The second-order valence-electron chi connectivity index (χ2n) is 2.51. The maximum Gasteiger partial charge on any atom is 0.137 e. The summed E-state index contributed by atoms with van der Waals surface area (Å²) in [6.07, 6.45) is 2.01. The van der Waals surface area contributed by atoms with Gasteiger partial charge >= 0.3 is 0 Å². The number of pyridine rings is 1. The number of aromatic nitrogens is 2. The van der Waals surface area contributed by atoms with E-state index in [-0.39, 0.29) is 0 Å². The van der Waals surface area contributed by atoms with Crippen LogP contribution in [0.2, 0.25) is 0 Å². The Hall–Kier alpha value is -0.880. The van der Waals surface area contributed by atoms with Crippen molar-refractivity contribution in [3.63, 3.8) is 0 Å². The molecule has 1 unspecified atom stereocenters. The number of imidazole rings is 1. The molecule has 3 heteroatoms. The first kappa shape index (κ1) is 10.2. The summed E-state index contributed by atoms with van der Waals surface area (Å²) < 4.78 is 2.06. The molecule has 2 aromatic rings. The van der Waals surface area contributed by atoms with Crippen LogP contribution in [0.25, 0.3) is 5.65 Å². The summed E-state index contributed by atoms with van der Waals surface area (Å²) in [5, 5.41) is 0. The molecule has 0 saturated carbocycles. The zero-order chi connectivity index (χ0) is 9.84. The fraction of sp³-hybridized carbons (Fsp3) is 0.300. The molecule has 1 atom stereocenters. The summed E-state index contributed by atoms with van der Waals surface area (Å²) in [5.41, 5.74) is 3.22.